The summed E-state index contributed by atoms with van der Waals surface area (Å²) in [6.45, 7) is 1.68. The number of piperidine rings is 1. The fourth-order valence-electron chi connectivity index (χ4n) is 3.19. The second-order valence-electron chi connectivity index (χ2n) is 5.61. The van der Waals surface area contributed by atoms with E-state index in [1.54, 1.807) is 6.92 Å². The third kappa shape index (κ3) is 3.42. The number of aliphatic hydroxyl groups is 1. The molecule has 2 bridgehead atoms. The Hall–Kier alpha value is -0.130. The van der Waals surface area contributed by atoms with Crippen molar-refractivity contribution in [2.45, 2.75) is 63.1 Å². The van der Waals surface area contributed by atoms with Crippen LogP contribution in [0.5, 0.6) is 0 Å². The van der Waals surface area contributed by atoms with Crippen LogP contribution >= 0.6 is 0 Å². The second-order valence-corrected chi connectivity index (χ2v) is 8.08. The highest BCUT2D eigenvalue weighted by atomic mass is 32.2. The van der Waals surface area contributed by atoms with Gasteiger partial charge in [0.15, 0.2) is 0 Å². The molecule has 17 heavy (non-hydrogen) atoms. The Morgan fingerprint density at radius 1 is 1.29 bits per heavy atom. The van der Waals surface area contributed by atoms with Crippen LogP contribution in [0.2, 0.25) is 0 Å². The molecule has 2 N–H and O–H groups in total. The molecule has 2 saturated heterocycles. The SMILES string of the molecule is CCS(=O)(=O)CCCC1(O)CC2CCC(C1)N2. The molecule has 5 heteroatoms. The molecule has 2 aliphatic heterocycles. The van der Waals surface area contributed by atoms with Crippen molar-refractivity contribution in [3.8, 4) is 0 Å². The molecule has 2 heterocycles. The van der Waals surface area contributed by atoms with Crippen LogP contribution in [0, 0.1) is 0 Å². The molecule has 4 nitrogen and oxygen atoms in total. The summed E-state index contributed by atoms with van der Waals surface area (Å²) >= 11 is 0. The van der Waals surface area contributed by atoms with Crippen LogP contribution in [0.15, 0.2) is 0 Å². The molecule has 0 aromatic carbocycles. The molecule has 0 aromatic heterocycles. The molecule has 2 fully saturated rings. The van der Waals surface area contributed by atoms with E-state index >= 15 is 0 Å². The first-order chi connectivity index (χ1) is 7.92. The predicted molar refractivity (Wildman–Crippen MR) is 67.7 cm³/mol. The molecule has 0 aliphatic carbocycles. The van der Waals surface area contributed by atoms with Gasteiger partial charge < -0.3 is 10.4 Å². The number of sulfone groups is 1. The van der Waals surface area contributed by atoms with Gasteiger partial charge in [-0.2, -0.15) is 0 Å². The van der Waals surface area contributed by atoms with Gasteiger partial charge >= 0.3 is 0 Å². The second kappa shape index (κ2) is 4.86. The first-order valence-electron chi connectivity index (χ1n) is 6.61. The zero-order valence-corrected chi connectivity index (χ0v) is 11.3. The van der Waals surface area contributed by atoms with Crippen LogP contribution in [-0.2, 0) is 9.84 Å². The van der Waals surface area contributed by atoms with E-state index in [2.05, 4.69) is 5.32 Å². The Labute approximate surface area is 104 Å². The molecule has 0 saturated carbocycles. The van der Waals surface area contributed by atoms with Crippen LogP contribution < -0.4 is 5.32 Å². The number of hydrogen-bond donors (Lipinski definition) is 2. The highest BCUT2D eigenvalue weighted by Gasteiger charge is 2.41. The van der Waals surface area contributed by atoms with Crippen molar-refractivity contribution >= 4 is 9.84 Å². The van der Waals surface area contributed by atoms with Gasteiger partial charge in [0.25, 0.3) is 0 Å². The highest BCUT2D eigenvalue weighted by Crippen LogP contribution is 2.36. The van der Waals surface area contributed by atoms with Crippen LogP contribution in [0.3, 0.4) is 0 Å². The van der Waals surface area contributed by atoms with Crippen LogP contribution in [0.1, 0.15) is 45.4 Å². The van der Waals surface area contributed by atoms with E-state index in [4.69, 9.17) is 0 Å². The summed E-state index contributed by atoms with van der Waals surface area (Å²) in [5.74, 6) is 0.423. The van der Waals surface area contributed by atoms with Gasteiger partial charge in [0.2, 0.25) is 0 Å². The van der Waals surface area contributed by atoms with Gasteiger partial charge in [-0.05, 0) is 38.5 Å². The lowest BCUT2D eigenvalue weighted by Gasteiger charge is -2.37. The summed E-state index contributed by atoms with van der Waals surface area (Å²) in [7, 11) is -2.89. The van der Waals surface area contributed by atoms with Crippen molar-refractivity contribution in [1.82, 2.24) is 5.32 Å². The maximum Gasteiger partial charge on any atom is 0.150 e. The molecular formula is C12H23NO3S. The maximum absolute atomic E-state index is 11.4. The Kier molecular flexibility index (Phi) is 3.80. The lowest BCUT2D eigenvalue weighted by atomic mass is 9.84. The Bertz CT molecular complexity index is 354. The normalized spacial score (nSPS) is 37.3. The summed E-state index contributed by atoms with van der Waals surface area (Å²) in [5, 5.41) is 14.0. The fourth-order valence-corrected chi connectivity index (χ4v) is 4.07. The van der Waals surface area contributed by atoms with Crippen molar-refractivity contribution in [2.24, 2.45) is 0 Å². The summed E-state index contributed by atoms with van der Waals surface area (Å²) in [6, 6.07) is 0.892. The zero-order chi connectivity index (χ0) is 12.5. The molecule has 0 amide bonds. The van der Waals surface area contributed by atoms with Gasteiger partial charge in [0, 0.05) is 17.8 Å². The lowest BCUT2D eigenvalue weighted by molar-refractivity contribution is -0.0142. The Morgan fingerprint density at radius 2 is 1.88 bits per heavy atom. The molecule has 0 spiro atoms. The van der Waals surface area contributed by atoms with Crippen molar-refractivity contribution in [3.63, 3.8) is 0 Å². The first-order valence-corrected chi connectivity index (χ1v) is 8.43. The zero-order valence-electron chi connectivity index (χ0n) is 10.5. The third-order valence-electron chi connectivity index (χ3n) is 4.13. The van der Waals surface area contributed by atoms with E-state index in [0.29, 0.717) is 24.9 Å². The average Bonchev–Trinajstić information content (AvgIpc) is 2.58. The van der Waals surface area contributed by atoms with E-state index in [1.165, 1.54) is 0 Å². The van der Waals surface area contributed by atoms with Crippen LogP contribution in [0.4, 0.5) is 0 Å². The van der Waals surface area contributed by atoms with Gasteiger partial charge in [-0.25, -0.2) is 8.42 Å². The third-order valence-corrected chi connectivity index (χ3v) is 5.92. The van der Waals surface area contributed by atoms with Gasteiger partial charge in [0.1, 0.15) is 9.84 Å². The van der Waals surface area contributed by atoms with E-state index in [1.807, 2.05) is 0 Å². The molecule has 100 valence electrons. The standard InChI is InChI=1S/C12H23NO3S/c1-2-17(15,16)7-3-6-12(14)8-10-4-5-11(9-12)13-10/h10-11,13-14H,2-9H2,1H3. The smallest absolute Gasteiger partial charge is 0.150 e. The van der Waals surface area contributed by atoms with Crippen LogP contribution in [0.25, 0.3) is 0 Å². The minimum Gasteiger partial charge on any atom is -0.390 e. The molecule has 0 aromatic rings. The molecule has 2 rings (SSSR count). The topological polar surface area (TPSA) is 66.4 Å². The molecular weight excluding hydrogens is 238 g/mol. The Morgan fingerprint density at radius 3 is 2.41 bits per heavy atom. The Balaban J connectivity index is 1.82. The highest BCUT2D eigenvalue weighted by molar-refractivity contribution is 7.91. The van der Waals surface area contributed by atoms with Crippen molar-refractivity contribution in [2.75, 3.05) is 11.5 Å². The van der Waals surface area contributed by atoms with E-state index in [-0.39, 0.29) is 11.5 Å². The fraction of sp³-hybridized carbons (Fsp3) is 1.00. The van der Waals surface area contributed by atoms with Crippen molar-refractivity contribution < 1.29 is 13.5 Å². The van der Waals surface area contributed by atoms with Gasteiger partial charge in [0.05, 0.1) is 11.4 Å². The van der Waals surface area contributed by atoms with E-state index in [0.717, 1.165) is 25.7 Å². The quantitative estimate of drug-likeness (QED) is 0.770. The molecule has 0 radical (unpaired) electrons. The number of nitrogens with one attached hydrogen (secondary N) is 1. The number of hydrogen-bond acceptors (Lipinski definition) is 4. The summed E-state index contributed by atoms with van der Waals surface area (Å²) in [6.07, 6.45) is 5.10. The maximum atomic E-state index is 11.4. The van der Waals surface area contributed by atoms with E-state index in [9.17, 15) is 13.5 Å². The number of rotatable bonds is 5. The molecule has 2 unspecified atom stereocenters. The minimum absolute atomic E-state index is 0.207. The number of fused-ring (bicyclic) bond motifs is 2. The summed E-state index contributed by atoms with van der Waals surface area (Å²) in [5.41, 5.74) is -0.625. The largest absolute Gasteiger partial charge is 0.390 e. The van der Waals surface area contributed by atoms with Gasteiger partial charge in [-0.3, -0.25) is 0 Å². The summed E-state index contributed by atoms with van der Waals surface area (Å²) in [4.78, 5) is 0. The molecule has 2 aliphatic rings. The van der Waals surface area contributed by atoms with Gasteiger partial charge in [-0.1, -0.05) is 6.92 Å². The first kappa shape index (κ1) is 13.3. The molecule has 2 atom stereocenters. The van der Waals surface area contributed by atoms with Crippen molar-refractivity contribution in [1.29, 1.82) is 0 Å². The average molecular weight is 261 g/mol. The van der Waals surface area contributed by atoms with Crippen LogP contribution in [-0.4, -0.2) is 42.7 Å². The van der Waals surface area contributed by atoms with Crippen molar-refractivity contribution in [3.05, 3.63) is 0 Å². The van der Waals surface area contributed by atoms with E-state index < -0.39 is 15.4 Å². The monoisotopic (exact) mass is 261 g/mol. The predicted octanol–water partition coefficient (Wildman–Crippen LogP) is 0.847. The minimum atomic E-state index is -2.89. The lowest BCUT2D eigenvalue weighted by Crippen LogP contribution is -2.48. The van der Waals surface area contributed by atoms with Gasteiger partial charge in [-0.15, -0.1) is 0 Å². The summed E-state index contributed by atoms with van der Waals surface area (Å²) < 4.78 is 22.8.